The van der Waals surface area contributed by atoms with Crippen molar-refractivity contribution in [3.63, 3.8) is 0 Å². The lowest BCUT2D eigenvalue weighted by atomic mass is 10.0. The lowest BCUT2D eigenvalue weighted by Crippen LogP contribution is -2.47. The maximum Gasteiger partial charge on any atom is 0.306 e. The summed E-state index contributed by atoms with van der Waals surface area (Å²) in [6.45, 7) is 0.344. The Labute approximate surface area is 130 Å². The van der Waals surface area contributed by atoms with Gasteiger partial charge in [0.2, 0.25) is 0 Å². The summed E-state index contributed by atoms with van der Waals surface area (Å²) in [5.41, 5.74) is 1.08. The second-order valence-corrected chi connectivity index (χ2v) is 4.92. The van der Waals surface area contributed by atoms with Crippen molar-refractivity contribution in [1.29, 1.82) is 0 Å². The van der Waals surface area contributed by atoms with Crippen LogP contribution in [-0.2, 0) is 20.7 Å². The molecule has 1 heterocycles. The van der Waals surface area contributed by atoms with Gasteiger partial charge in [-0.15, -0.1) is 0 Å². The van der Waals surface area contributed by atoms with Gasteiger partial charge in [-0.25, -0.2) is 0 Å². The molecule has 1 saturated heterocycles. The van der Waals surface area contributed by atoms with Crippen LogP contribution in [0.15, 0.2) is 30.3 Å². The van der Waals surface area contributed by atoms with Gasteiger partial charge in [0.1, 0.15) is 18.8 Å². The summed E-state index contributed by atoms with van der Waals surface area (Å²) in [7, 11) is 1.00. The summed E-state index contributed by atoms with van der Waals surface area (Å²) in [5.74, 6) is -0.329. The first-order chi connectivity index (χ1) is 10.7. The normalized spacial score (nSPS) is 24.1. The van der Waals surface area contributed by atoms with Crippen LogP contribution in [0, 0.1) is 0 Å². The summed E-state index contributed by atoms with van der Waals surface area (Å²) >= 11 is 0. The summed E-state index contributed by atoms with van der Waals surface area (Å²) in [4.78, 5) is 11.6. The van der Waals surface area contributed by atoms with Gasteiger partial charge in [0.25, 0.3) is 0 Å². The summed E-state index contributed by atoms with van der Waals surface area (Å²) in [5, 5.41) is 26.2. The molecule has 22 heavy (non-hydrogen) atoms. The molecule has 1 fully saturated rings. The molecular weight excluding hydrogens is 288 g/mol. The fraction of sp³-hybridized carbons (Fsp3) is 0.562. The Morgan fingerprint density at radius 1 is 1.27 bits per heavy atom. The maximum absolute atomic E-state index is 11.6. The molecule has 6 nitrogen and oxygen atoms in total. The van der Waals surface area contributed by atoms with E-state index >= 15 is 0 Å². The van der Waals surface area contributed by atoms with Crippen molar-refractivity contribution in [2.75, 3.05) is 20.3 Å². The monoisotopic (exact) mass is 312 g/mol. The van der Waals surface area contributed by atoms with Gasteiger partial charge in [-0.1, -0.05) is 30.3 Å². The van der Waals surface area contributed by atoms with Crippen LogP contribution in [0.25, 0.3) is 0 Å². The highest BCUT2D eigenvalue weighted by molar-refractivity contribution is 5.69. The summed E-state index contributed by atoms with van der Waals surface area (Å²) in [6.07, 6.45) is -1.13. The molecule has 0 spiro atoms. The third kappa shape index (κ3) is 6.11. The van der Waals surface area contributed by atoms with E-state index in [1.54, 1.807) is 0 Å². The fourth-order valence-corrected chi connectivity index (χ4v) is 2.14. The molecule has 0 radical (unpaired) electrons. The van der Waals surface area contributed by atoms with Crippen molar-refractivity contribution in [2.24, 2.45) is 0 Å². The number of hydrogen-bond donors (Lipinski definition) is 3. The van der Waals surface area contributed by atoms with Crippen LogP contribution in [0.5, 0.6) is 0 Å². The van der Waals surface area contributed by atoms with E-state index in [0.717, 1.165) is 12.7 Å². The Hall–Kier alpha value is -1.47. The molecule has 0 aromatic heterocycles. The molecule has 0 bridgehead atoms. The zero-order chi connectivity index (χ0) is 16.4. The topological polar surface area (TPSA) is 96.2 Å². The lowest BCUT2D eigenvalue weighted by molar-refractivity contribution is -0.169. The molecule has 124 valence electrons. The number of esters is 1. The minimum atomic E-state index is -0.995. The molecule has 3 atom stereocenters. The average molecular weight is 312 g/mol. The van der Waals surface area contributed by atoms with Crippen LogP contribution in [0.4, 0.5) is 0 Å². The van der Waals surface area contributed by atoms with Crippen LogP contribution in [0.1, 0.15) is 18.4 Å². The molecular formula is C16H24O6. The molecule has 3 unspecified atom stereocenters. The van der Waals surface area contributed by atoms with Crippen LogP contribution in [0.3, 0.4) is 0 Å². The molecule has 0 saturated carbocycles. The van der Waals surface area contributed by atoms with E-state index in [1.165, 1.54) is 0 Å². The predicted octanol–water partition coefficient (Wildman–Crippen LogP) is 0.282. The van der Waals surface area contributed by atoms with Crippen molar-refractivity contribution in [1.82, 2.24) is 0 Å². The van der Waals surface area contributed by atoms with Gasteiger partial charge in [0, 0.05) is 20.1 Å². The number of carbonyl (C=O) groups excluding carboxylic acids is 1. The maximum atomic E-state index is 11.6. The Kier molecular flexibility index (Phi) is 8.69. The van der Waals surface area contributed by atoms with E-state index in [2.05, 4.69) is 0 Å². The van der Waals surface area contributed by atoms with E-state index in [1.807, 2.05) is 30.3 Å². The van der Waals surface area contributed by atoms with Gasteiger partial charge < -0.3 is 24.8 Å². The molecule has 2 rings (SSSR count). The van der Waals surface area contributed by atoms with Crippen molar-refractivity contribution in [3.05, 3.63) is 35.9 Å². The molecule has 1 aliphatic rings. The zero-order valence-electron chi connectivity index (χ0n) is 12.7. The zero-order valence-corrected chi connectivity index (χ0v) is 12.7. The van der Waals surface area contributed by atoms with Crippen molar-refractivity contribution >= 4 is 5.97 Å². The largest absolute Gasteiger partial charge is 0.463 e. The van der Waals surface area contributed by atoms with E-state index in [-0.39, 0.29) is 19.0 Å². The van der Waals surface area contributed by atoms with E-state index < -0.39 is 18.3 Å². The lowest BCUT2D eigenvalue weighted by Gasteiger charge is -2.31. The van der Waals surface area contributed by atoms with Gasteiger partial charge in [-0.2, -0.15) is 0 Å². The number of carbonyl (C=O) groups is 1. The van der Waals surface area contributed by atoms with Crippen LogP contribution < -0.4 is 0 Å². The van der Waals surface area contributed by atoms with Gasteiger partial charge in [0.15, 0.2) is 0 Å². The first-order valence-electron chi connectivity index (χ1n) is 7.29. The second-order valence-electron chi connectivity index (χ2n) is 4.92. The molecule has 3 N–H and O–H groups in total. The first kappa shape index (κ1) is 18.6. The molecule has 1 aromatic carbocycles. The number of benzene rings is 1. The average Bonchev–Trinajstić information content (AvgIpc) is 2.57. The first-order valence-corrected chi connectivity index (χ1v) is 7.29. The quantitative estimate of drug-likeness (QED) is 0.676. The van der Waals surface area contributed by atoms with Crippen LogP contribution >= 0.6 is 0 Å². The number of aliphatic hydroxyl groups is 3. The highest BCUT2D eigenvalue weighted by Gasteiger charge is 2.32. The number of hydrogen-bond acceptors (Lipinski definition) is 6. The standard InChI is InChI=1S/C15H20O5.CH4O/c16-12-8-9-19-13(15(12)18)10-20-14(17)7-6-11-4-2-1-3-5-11;1-2/h1-5,12-13,15-16,18H,6-10H2;2H,1H3. The Bertz CT molecular complexity index is 422. The number of rotatable bonds is 5. The number of ether oxygens (including phenoxy) is 2. The predicted molar refractivity (Wildman–Crippen MR) is 80.2 cm³/mol. The second kappa shape index (κ2) is 10.3. The fourth-order valence-electron chi connectivity index (χ4n) is 2.14. The van der Waals surface area contributed by atoms with Gasteiger partial charge in [-0.3, -0.25) is 4.79 Å². The van der Waals surface area contributed by atoms with E-state index in [0.29, 0.717) is 19.4 Å². The third-order valence-corrected chi connectivity index (χ3v) is 3.39. The molecule has 1 aromatic rings. The number of aliphatic hydroxyl groups excluding tert-OH is 3. The summed E-state index contributed by atoms with van der Waals surface area (Å²) < 4.78 is 10.4. The van der Waals surface area contributed by atoms with Crippen LogP contribution in [0.2, 0.25) is 0 Å². The number of aryl methyl sites for hydroxylation is 1. The Morgan fingerprint density at radius 3 is 2.64 bits per heavy atom. The molecule has 0 aliphatic carbocycles. The van der Waals surface area contributed by atoms with E-state index in [4.69, 9.17) is 14.6 Å². The van der Waals surface area contributed by atoms with Gasteiger partial charge >= 0.3 is 5.97 Å². The minimum absolute atomic E-state index is 0.0220. The Balaban J connectivity index is 0.00000116. The Morgan fingerprint density at radius 2 is 1.95 bits per heavy atom. The summed E-state index contributed by atoms with van der Waals surface area (Å²) in [6, 6.07) is 9.69. The highest BCUT2D eigenvalue weighted by Crippen LogP contribution is 2.15. The minimum Gasteiger partial charge on any atom is -0.463 e. The molecule has 6 heteroatoms. The molecule has 0 amide bonds. The smallest absolute Gasteiger partial charge is 0.306 e. The third-order valence-electron chi connectivity index (χ3n) is 3.39. The van der Waals surface area contributed by atoms with Gasteiger partial charge in [-0.05, 0) is 18.4 Å². The molecule has 1 aliphatic heterocycles. The van der Waals surface area contributed by atoms with E-state index in [9.17, 15) is 15.0 Å². The SMILES string of the molecule is CO.O=C(CCc1ccccc1)OCC1OCCC(O)C1O. The van der Waals surface area contributed by atoms with Gasteiger partial charge in [0.05, 0.1) is 6.10 Å². The highest BCUT2D eigenvalue weighted by atomic mass is 16.6. The van der Waals surface area contributed by atoms with Crippen LogP contribution in [-0.4, -0.2) is 59.9 Å². The van der Waals surface area contributed by atoms with Crippen molar-refractivity contribution in [3.8, 4) is 0 Å². The van der Waals surface area contributed by atoms with Crippen molar-refractivity contribution in [2.45, 2.75) is 37.6 Å². The van der Waals surface area contributed by atoms with Crippen molar-refractivity contribution < 1.29 is 29.6 Å².